The van der Waals surface area contributed by atoms with Gasteiger partial charge in [0.25, 0.3) is 0 Å². The van der Waals surface area contributed by atoms with E-state index < -0.39 is 0 Å². The predicted octanol–water partition coefficient (Wildman–Crippen LogP) is 14.5. The summed E-state index contributed by atoms with van der Waals surface area (Å²) in [5.74, 6) is 0.651. The molecule has 268 valence electrons. The smallest absolute Gasteiger partial charge is 0.180 e. The SMILES string of the molecule is c1cc(-c2nc(-c3ccc(-c4cccc5ccccc45)cc3)c3oc4ccccc4c3n2)cc(-n2c3cccc4c5ccccc5c5c6ccccc6cc2c5c43)c1. The Hall–Kier alpha value is -7.82. The number of hydrogen-bond acceptors (Lipinski definition) is 3. The lowest BCUT2D eigenvalue weighted by molar-refractivity contribution is 0.667. The van der Waals surface area contributed by atoms with Gasteiger partial charge >= 0.3 is 0 Å². The molecule has 10 aromatic carbocycles. The highest BCUT2D eigenvalue weighted by atomic mass is 16.3. The standard InChI is InChI=1S/C54H31N3O/c1-3-17-38-32(12-1)14-10-22-39(38)33-26-28-34(29-27-33)51-53-52(44-21-7-8-25-47(44)58-53)56-54(55-51)36-15-9-16-37(30-36)57-45-24-11-23-43-41-19-5-6-20-42(41)48-40-18-4-2-13-35(40)31-46(57)50(48)49(43)45/h1-31H. The third-order valence-electron chi connectivity index (χ3n) is 12.1. The van der Waals surface area contributed by atoms with E-state index in [2.05, 4.69) is 174 Å². The van der Waals surface area contributed by atoms with E-state index >= 15 is 0 Å². The number of para-hydroxylation sites is 1. The monoisotopic (exact) mass is 737 g/mol. The van der Waals surface area contributed by atoms with Gasteiger partial charge < -0.3 is 8.98 Å². The number of fused-ring (bicyclic) bond motifs is 9. The average Bonchev–Trinajstić information content (AvgIpc) is 3.84. The van der Waals surface area contributed by atoms with Crippen molar-refractivity contribution >= 4 is 87.0 Å². The molecule has 0 aliphatic carbocycles. The number of nitrogens with zero attached hydrogens (tertiary/aromatic N) is 3. The van der Waals surface area contributed by atoms with Gasteiger partial charge in [0.2, 0.25) is 0 Å². The van der Waals surface area contributed by atoms with Crippen LogP contribution < -0.4 is 0 Å². The van der Waals surface area contributed by atoms with E-state index in [0.29, 0.717) is 11.4 Å². The van der Waals surface area contributed by atoms with E-state index in [-0.39, 0.29) is 0 Å². The van der Waals surface area contributed by atoms with Gasteiger partial charge in [0, 0.05) is 38.4 Å². The number of aromatic nitrogens is 3. The van der Waals surface area contributed by atoms with Crippen LogP contribution in [-0.4, -0.2) is 14.5 Å². The van der Waals surface area contributed by atoms with Crippen molar-refractivity contribution in [2.24, 2.45) is 0 Å². The summed E-state index contributed by atoms with van der Waals surface area (Å²) in [6.07, 6.45) is 0. The minimum absolute atomic E-state index is 0.651. The molecule has 0 aliphatic rings. The van der Waals surface area contributed by atoms with Gasteiger partial charge in [-0.2, -0.15) is 0 Å². The van der Waals surface area contributed by atoms with Crippen molar-refractivity contribution in [3.8, 4) is 39.5 Å². The van der Waals surface area contributed by atoms with Gasteiger partial charge in [-0.15, -0.1) is 0 Å². The summed E-state index contributed by atoms with van der Waals surface area (Å²) < 4.78 is 8.97. The Morgan fingerprint density at radius 1 is 0.397 bits per heavy atom. The van der Waals surface area contributed by atoms with Crippen LogP contribution in [0.25, 0.3) is 126 Å². The first-order valence-electron chi connectivity index (χ1n) is 19.7. The van der Waals surface area contributed by atoms with E-state index in [1.54, 1.807) is 0 Å². The third kappa shape index (κ3) is 4.40. The van der Waals surface area contributed by atoms with Crippen LogP contribution in [-0.2, 0) is 0 Å². The summed E-state index contributed by atoms with van der Waals surface area (Å²) in [5.41, 5.74) is 10.7. The summed E-state index contributed by atoms with van der Waals surface area (Å²) in [7, 11) is 0. The van der Waals surface area contributed by atoms with Crippen molar-refractivity contribution in [3.63, 3.8) is 0 Å². The van der Waals surface area contributed by atoms with E-state index in [4.69, 9.17) is 14.4 Å². The van der Waals surface area contributed by atoms with Crippen molar-refractivity contribution in [1.82, 2.24) is 14.5 Å². The van der Waals surface area contributed by atoms with Crippen molar-refractivity contribution in [3.05, 3.63) is 188 Å². The maximum absolute atomic E-state index is 6.54. The Kier molecular flexibility index (Phi) is 6.41. The first kappa shape index (κ1) is 31.4. The van der Waals surface area contributed by atoms with Gasteiger partial charge in [-0.1, -0.05) is 152 Å². The van der Waals surface area contributed by atoms with Crippen molar-refractivity contribution < 1.29 is 4.42 Å². The number of furan rings is 1. The van der Waals surface area contributed by atoms with Gasteiger partial charge in [0.1, 0.15) is 16.8 Å². The van der Waals surface area contributed by atoms with Crippen LogP contribution in [0.1, 0.15) is 0 Å². The molecule has 0 radical (unpaired) electrons. The fourth-order valence-electron chi connectivity index (χ4n) is 9.58. The van der Waals surface area contributed by atoms with Gasteiger partial charge in [-0.3, -0.25) is 0 Å². The maximum Gasteiger partial charge on any atom is 0.180 e. The molecule has 0 atom stereocenters. The van der Waals surface area contributed by atoms with Gasteiger partial charge in [-0.25, -0.2) is 9.97 Å². The van der Waals surface area contributed by atoms with Crippen LogP contribution in [0.2, 0.25) is 0 Å². The average molecular weight is 738 g/mol. The van der Waals surface area contributed by atoms with Gasteiger partial charge in [0.15, 0.2) is 11.4 Å². The first-order chi connectivity index (χ1) is 28.8. The molecule has 0 N–H and O–H groups in total. The van der Waals surface area contributed by atoms with Crippen molar-refractivity contribution in [2.75, 3.05) is 0 Å². The highest BCUT2D eigenvalue weighted by Crippen LogP contribution is 2.47. The van der Waals surface area contributed by atoms with Gasteiger partial charge in [-0.05, 0) is 85.2 Å². The second-order valence-corrected chi connectivity index (χ2v) is 15.3. The fraction of sp³-hybridized carbons (Fsp3) is 0. The second kappa shape index (κ2) is 11.8. The van der Waals surface area contributed by atoms with Crippen molar-refractivity contribution in [2.45, 2.75) is 0 Å². The number of rotatable bonds is 4. The topological polar surface area (TPSA) is 43.9 Å². The molecule has 0 unspecified atom stereocenters. The van der Waals surface area contributed by atoms with Crippen LogP contribution in [0.3, 0.4) is 0 Å². The maximum atomic E-state index is 6.54. The summed E-state index contributed by atoms with van der Waals surface area (Å²) >= 11 is 0. The zero-order valence-electron chi connectivity index (χ0n) is 31.1. The molecular formula is C54H31N3O. The molecule has 0 aliphatic heterocycles. The Bertz CT molecular complexity index is 3790. The lowest BCUT2D eigenvalue weighted by atomic mass is 9.91. The van der Waals surface area contributed by atoms with E-state index in [1.165, 1.54) is 70.5 Å². The zero-order valence-corrected chi connectivity index (χ0v) is 31.1. The molecule has 13 rings (SSSR count). The van der Waals surface area contributed by atoms with Crippen LogP contribution in [0, 0.1) is 0 Å². The van der Waals surface area contributed by atoms with Crippen LogP contribution in [0.5, 0.6) is 0 Å². The van der Waals surface area contributed by atoms with Crippen molar-refractivity contribution in [1.29, 1.82) is 0 Å². The van der Waals surface area contributed by atoms with E-state index in [1.807, 2.05) is 18.2 Å². The molecule has 3 aromatic heterocycles. The zero-order chi connectivity index (χ0) is 37.9. The lowest BCUT2D eigenvalue weighted by Crippen LogP contribution is -1.97. The highest BCUT2D eigenvalue weighted by molar-refractivity contribution is 6.39. The van der Waals surface area contributed by atoms with E-state index in [0.717, 1.165) is 44.6 Å². The summed E-state index contributed by atoms with van der Waals surface area (Å²) in [6.45, 7) is 0. The van der Waals surface area contributed by atoms with E-state index in [9.17, 15) is 0 Å². The lowest BCUT2D eigenvalue weighted by Gasteiger charge is -2.12. The molecule has 3 heterocycles. The Morgan fingerprint density at radius 2 is 1.05 bits per heavy atom. The molecule has 4 nitrogen and oxygen atoms in total. The van der Waals surface area contributed by atoms with Crippen LogP contribution >= 0.6 is 0 Å². The first-order valence-corrected chi connectivity index (χ1v) is 19.7. The molecule has 0 bridgehead atoms. The minimum Gasteiger partial charge on any atom is -0.452 e. The number of hydrogen-bond donors (Lipinski definition) is 0. The number of benzene rings is 10. The molecular weight excluding hydrogens is 707 g/mol. The molecule has 0 amide bonds. The summed E-state index contributed by atoms with van der Waals surface area (Å²) in [4.78, 5) is 10.6. The Balaban J connectivity index is 1.03. The second-order valence-electron chi connectivity index (χ2n) is 15.3. The molecule has 4 heteroatoms. The van der Waals surface area contributed by atoms with Crippen LogP contribution in [0.4, 0.5) is 0 Å². The summed E-state index contributed by atoms with van der Waals surface area (Å²) in [5, 5.41) is 13.6. The molecule has 58 heavy (non-hydrogen) atoms. The summed E-state index contributed by atoms with van der Waals surface area (Å²) in [6, 6.07) is 67.2. The Morgan fingerprint density at radius 3 is 1.93 bits per heavy atom. The van der Waals surface area contributed by atoms with Gasteiger partial charge in [0.05, 0.1) is 11.0 Å². The highest BCUT2D eigenvalue weighted by Gasteiger charge is 2.23. The quantitative estimate of drug-likeness (QED) is 0.169. The molecule has 0 spiro atoms. The third-order valence-corrected chi connectivity index (χ3v) is 12.1. The Labute approximate surface area is 332 Å². The minimum atomic E-state index is 0.651. The van der Waals surface area contributed by atoms with Crippen LogP contribution in [0.15, 0.2) is 192 Å². The molecule has 0 fully saturated rings. The molecule has 0 saturated heterocycles. The predicted molar refractivity (Wildman–Crippen MR) is 241 cm³/mol. The molecule has 0 saturated carbocycles. The molecule has 13 aromatic rings. The fourth-order valence-corrected chi connectivity index (χ4v) is 9.58. The largest absolute Gasteiger partial charge is 0.452 e. The normalized spacial score (nSPS) is 12.1.